The van der Waals surface area contributed by atoms with Gasteiger partial charge in [0.05, 0.1) is 11.4 Å². The molecular weight excluding hydrogens is 232 g/mol. The van der Waals surface area contributed by atoms with Gasteiger partial charge in [-0.1, -0.05) is 12.8 Å². The smallest absolute Gasteiger partial charge is 0.193 e. The summed E-state index contributed by atoms with van der Waals surface area (Å²) in [4.78, 5) is 0. The molecule has 0 saturated heterocycles. The fraction of sp³-hybridized carbons (Fsp3) is 0.636. The van der Waals surface area contributed by atoms with Crippen molar-refractivity contribution in [3.8, 4) is 0 Å². The summed E-state index contributed by atoms with van der Waals surface area (Å²) in [5.41, 5.74) is -0.430. The highest BCUT2D eigenvalue weighted by Crippen LogP contribution is 2.33. The fourth-order valence-electron chi connectivity index (χ4n) is 1.95. The number of hydrogen-bond donors (Lipinski definition) is 1. The van der Waals surface area contributed by atoms with E-state index in [1.165, 1.54) is 0 Å². The minimum absolute atomic E-state index is 0.430. The number of aliphatic hydroxyl groups is 1. The predicted octanol–water partition coefficient (Wildman–Crippen LogP) is 3.47. The third-order valence-electron chi connectivity index (χ3n) is 2.78. The summed E-state index contributed by atoms with van der Waals surface area (Å²) in [6.07, 6.45) is 4.20. The Morgan fingerprint density at radius 1 is 1.40 bits per heavy atom. The van der Waals surface area contributed by atoms with Gasteiger partial charge in [0, 0.05) is 5.75 Å². The third-order valence-corrected chi connectivity index (χ3v) is 4.21. The van der Waals surface area contributed by atoms with Gasteiger partial charge in [0.2, 0.25) is 0 Å². The second kappa shape index (κ2) is 4.81. The van der Waals surface area contributed by atoms with E-state index in [0.29, 0.717) is 5.22 Å². The summed E-state index contributed by atoms with van der Waals surface area (Å²) >= 11 is 7.38. The lowest BCUT2D eigenvalue weighted by Gasteiger charge is -2.20. The van der Waals surface area contributed by atoms with Crippen LogP contribution in [0, 0.1) is 0 Å². The maximum atomic E-state index is 10.1. The van der Waals surface area contributed by atoms with Crippen LogP contribution in [0.25, 0.3) is 0 Å². The molecule has 84 valence electrons. The molecule has 1 heterocycles. The van der Waals surface area contributed by atoms with E-state index in [9.17, 15) is 5.11 Å². The zero-order valence-electron chi connectivity index (χ0n) is 8.54. The molecule has 1 aliphatic carbocycles. The lowest BCUT2D eigenvalue weighted by molar-refractivity contribution is 0.0732. The standard InChI is InChI=1S/C11H15ClO2S/c12-10-4-3-9(14-10)7-15-8-11(13)5-1-2-6-11/h3-4,13H,1-2,5-8H2. The largest absolute Gasteiger partial charge is 0.449 e. The van der Waals surface area contributed by atoms with E-state index < -0.39 is 5.60 Å². The highest BCUT2D eigenvalue weighted by molar-refractivity contribution is 7.98. The van der Waals surface area contributed by atoms with Crippen molar-refractivity contribution in [2.45, 2.75) is 37.0 Å². The SMILES string of the molecule is OC1(CSCc2ccc(Cl)o2)CCCC1. The Bertz CT molecular complexity index is 318. The van der Waals surface area contributed by atoms with Gasteiger partial charge in [-0.25, -0.2) is 0 Å². The van der Waals surface area contributed by atoms with Crippen molar-refractivity contribution in [1.29, 1.82) is 0 Å². The summed E-state index contributed by atoms with van der Waals surface area (Å²) in [5.74, 6) is 2.46. The zero-order chi connectivity index (χ0) is 10.7. The summed E-state index contributed by atoms with van der Waals surface area (Å²) in [7, 11) is 0. The molecule has 1 saturated carbocycles. The van der Waals surface area contributed by atoms with Crippen LogP contribution in [0.15, 0.2) is 16.5 Å². The van der Waals surface area contributed by atoms with Crippen molar-refractivity contribution in [2.24, 2.45) is 0 Å². The molecule has 0 radical (unpaired) electrons. The van der Waals surface area contributed by atoms with Gasteiger partial charge in [-0.2, -0.15) is 11.8 Å². The van der Waals surface area contributed by atoms with E-state index in [2.05, 4.69) is 0 Å². The molecule has 1 aliphatic rings. The van der Waals surface area contributed by atoms with E-state index in [1.54, 1.807) is 17.8 Å². The quantitative estimate of drug-likeness (QED) is 0.883. The molecule has 2 rings (SSSR count). The molecular formula is C11H15ClO2S. The number of furan rings is 1. The fourth-order valence-corrected chi connectivity index (χ4v) is 3.24. The molecule has 1 fully saturated rings. The monoisotopic (exact) mass is 246 g/mol. The van der Waals surface area contributed by atoms with E-state index in [0.717, 1.165) is 42.9 Å². The first kappa shape index (κ1) is 11.4. The first-order chi connectivity index (χ1) is 7.18. The molecule has 1 aromatic heterocycles. The third kappa shape index (κ3) is 3.16. The Morgan fingerprint density at radius 2 is 2.13 bits per heavy atom. The van der Waals surface area contributed by atoms with Crippen LogP contribution in [0.4, 0.5) is 0 Å². The van der Waals surface area contributed by atoms with Crippen molar-refractivity contribution < 1.29 is 9.52 Å². The normalized spacial score (nSPS) is 19.6. The molecule has 0 amide bonds. The molecule has 2 nitrogen and oxygen atoms in total. The van der Waals surface area contributed by atoms with E-state index in [1.807, 2.05) is 6.07 Å². The molecule has 15 heavy (non-hydrogen) atoms. The Morgan fingerprint density at radius 3 is 2.73 bits per heavy atom. The van der Waals surface area contributed by atoms with E-state index in [4.69, 9.17) is 16.0 Å². The zero-order valence-corrected chi connectivity index (χ0v) is 10.1. The Balaban J connectivity index is 1.75. The van der Waals surface area contributed by atoms with Crippen LogP contribution in [0.1, 0.15) is 31.4 Å². The highest BCUT2D eigenvalue weighted by Gasteiger charge is 2.30. The van der Waals surface area contributed by atoms with Crippen LogP contribution in [-0.4, -0.2) is 16.5 Å². The Labute approximate surface area is 99.0 Å². The maximum Gasteiger partial charge on any atom is 0.193 e. The average molecular weight is 247 g/mol. The van der Waals surface area contributed by atoms with Crippen LogP contribution in [0.2, 0.25) is 5.22 Å². The van der Waals surface area contributed by atoms with Gasteiger partial charge in [0.25, 0.3) is 0 Å². The van der Waals surface area contributed by atoms with Gasteiger partial charge < -0.3 is 9.52 Å². The van der Waals surface area contributed by atoms with Gasteiger partial charge in [0.15, 0.2) is 5.22 Å². The van der Waals surface area contributed by atoms with E-state index >= 15 is 0 Å². The number of thioether (sulfide) groups is 1. The van der Waals surface area contributed by atoms with Gasteiger partial charge in [-0.15, -0.1) is 0 Å². The maximum absolute atomic E-state index is 10.1. The summed E-state index contributed by atoms with van der Waals surface area (Å²) < 4.78 is 5.24. The number of hydrogen-bond acceptors (Lipinski definition) is 3. The molecule has 0 unspecified atom stereocenters. The topological polar surface area (TPSA) is 33.4 Å². The van der Waals surface area contributed by atoms with Crippen molar-refractivity contribution in [2.75, 3.05) is 5.75 Å². The summed E-state index contributed by atoms with van der Waals surface area (Å²) in [6.45, 7) is 0. The first-order valence-electron chi connectivity index (χ1n) is 5.22. The number of rotatable bonds is 4. The van der Waals surface area contributed by atoms with Crippen LogP contribution < -0.4 is 0 Å². The van der Waals surface area contributed by atoms with Crippen LogP contribution in [-0.2, 0) is 5.75 Å². The molecule has 0 aromatic carbocycles. The molecule has 0 bridgehead atoms. The second-order valence-electron chi connectivity index (χ2n) is 4.13. The summed E-state index contributed by atoms with van der Waals surface area (Å²) in [5, 5.41) is 10.5. The predicted molar refractivity (Wildman–Crippen MR) is 63.3 cm³/mol. The molecule has 4 heteroatoms. The average Bonchev–Trinajstić information content (AvgIpc) is 2.76. The molecule has 0 atom stereocenters. The Hall–Kier alpha value is -0.120. The van der Waals surface area contributed by atoms with Gasteiger partial charge in [-0.3, -0.25) is 0 Å². The summed E-state index contributed by atoms with van der Waals surface area (Å²) in [6, 6.07) is 3.63. The molecule has 0 aliphatic heterocycles. The van der Waals surface area contributed by atoms with Crippen molar-refractivity contribution in [3.05, 3.63) is 23.1 Å². The van der Waals surface area contributed by atoms with E-state index in [-0.39, 0.29) is 0 Å². The second-order valence-corrected chi connectivity index (χ2v) is 5.49. The number of halogens is 1. The van der Waals surface area contributed by atoms with Gasteiger partial charge in [0.1, 0.15) is 5.76 Å². The van der Waals surface area contributed by atoms with Crippen molar-refractivity contribution in [1.82, 2.24) is 0 Å². The Kier molecular flexibility index (Phi) is 3.65. The first-order valence-corrected chi connectivity index (χ1v) is 6.76. The molecule has 0 spiro atoms. The van der Waals surface area contributed by atoms with Gasteiger partial charge >= 0.3 is 0 Å². The van der Waals surface area contributed by atoms with Gasteiger partial charge in [-0.05, 0) is 36.6 Å². The highest BCUT2D eigenvalue weighted by atomic mass is 35.5. The van der Waals surface area contributed by atoms with Crippen molar-refractivity contribution in [3.63, 3.8) is 0 Å². The minimum Gasteiger partial charge on any atom is -0.449 e. The molecule has 1 N–H and O–H groups in total. The van der Waals surface area contributed by atoms with Crippen LogP contribution >= 0.6 is 23.4 Å². The lowest BCUT2D eigenvalue weighted by atomic mass is 10.1. The minimum atomic E-state index is -0.430. The van der Waals surface area contributed by atoms with Crippen LogP contribution in [0.5, 0.6) is 0 Å². The van der Waals surface area contributed by atoms with Crippen molar-refractivity contribution >= 4 is 23.4 Å². The lowest BCUT2D eigenvalue weighted by Crippen LogP contribution is -2.27. The van der Waals surface area contributed by atoms with Crippen LogP contribution in [0.3, 0.4) is 0 Å². The molecule has 1 aromatic rings.